The third kappa shape index (κ3) is 5.66. The number of rotatable bonds is 7. The van der Waals surface area contributed by atoms with Gasteiger partial charge >= 0.3 is 6.03 Å². The van der Waals surface area contributed by atoms with Crippen molar-refractivity contribution in [1.82, 2.24) is 9.80 Å². The van der Waals surface area contributed by atoms with Crippen LogP contribution in [0.2, 0.25) is 0 Å². The second-order valence-corrected chi connectivity index (χ2v) is 12.2. The van der Waals surface area contributed by atoms with E-state index < -0.39 is 29.9 Å². The van der Waals surface area contributed by atoms with Crippen LogP contribution < -0.4 is 10.2 Å². The summed E-state index contributed by atoms with van der Waals surface area (Å²) in [5.74, 6) is -0.577. The number of carbonyl (C=O) groups excluding carboxylic acids is 4. The molecule has 1 N–H and O–H groups in total. The SMILES string of the molecule is Cc1ccc(N2C(=O)N(CC(=O)Nc3c(C(C)C)cccc3C(C)C)C(=O)C23CCN(C(=O)c2ccccc2)CC3)cc1. The minimum Gasteiger partial charge on any atom is -0.338 e. The maximum Gasteiger partial charge on any atom is 0.332 e. The molecule has 8 heteroatoms. The van der Waals surface area contributed by atoms with E-state index in [-0.39, 0.29) is 30.6 Å². The number of likely N-dealkylation sites (tertiary alicyclic amines) is 1. The molecule has 0 aliphatic carbocycles. The van der Waals surface area contributed by atoms with Gasteiger partial charge in [-0.1, -0.05) is 81.8 Å². The normalized spacial score (nSPS) is 16.5. The van der Waals surface area contributed by atoms with Crippen molar-refractivity contribution in [3.8, 4) is 0 Å². The third-order valence-electron chi connectivity index (χ3n) is 8.62. The minimum atomic E-state index is -1.18. The average molecular weight is 581 g/mol. The van der Waals surface area contributed by atoms with Gasteiger partial charge in [0.2, 0.25) is 5.91 Å². The van der Waals surface area contributed by atoms with Gasteiger partial charge in [0.25, 0.3) is 11.8 Å². The van der Waals surface area contributed by atoms with Gasteiger partial charge in [0.15, 0.2) is 0 Å². The highest BCUT2D eigenvalue weighted by Gasteiger charge is 2.59. The number of urea groups is 1. The number of carbonyl (C=O) groups is 4. The second-order valence-electron chi connectivity index (χ2n) is 12.2. The number of para-hydroxylation sites is 1. The Balaban J connectivity index is 1.42. The largest absolute Gasteiger partial charge is 0.338 e. The zero-order valence-electron chi connectivity index (χ0n) is 25.6. The highest BCUT2D eigenvalue weighted by molar-refractivity contribution is 6.18. The van der Waals surface area contributed by atoms with Gasteiger partial charge in [-0.05, 0) is 67.0 Å². The van der Waals surface area contributed by atoms with E-state index in [0.29, 0.717) is 24.3 Å². The van der Waals surface area contributed by atoms with E-state index in [1.807, 2.05) is 67.6 Å². The molecule has 0 unspecified atom stereocenters. The summed E-state index contributed by atoms with van der Waals surface area (Å²) in [6.07, 6.45) is 0.547. The molecule has 2 aliphatic heterocycles. The van der Waals surface area contributed by atoms with Crippen LogP contribution in [0, 0.1) is 6.92 Å². The van der Waals surface area contributed by atoms with Gasteiger partial charge in [-0.25, -0.2) is 4.79 Å². The van der Waals surface area contributed by atoms with Gasteiger partial charge < -0.3 is 10.2 Å². The second kappa shape index (κ2) is 12.0. The Hall–Kier alpha value is -4.46. The fourth-order valence-corrected chi connectivity index (χ4v) is 6.23. The third-order valence-corrected chi connectivity index (χ3v) is 8.62. The first kappa shape index (κ1) is 30.0. The number of amides is 5. The van der Waals surface area contributed by atoms with E-state index in [1.54, 1.807) is 21.9 Å². The van der Waals surface area contributed by atoms with Crippen molar-refractivity contribution in [3.63, 3.8) is 0 Å². The van der Waals surface area contributed by atoms with Crippen LogP contribution in [0.5, 0.6) is 0 Å². The van der Waals surface area contributed by atoms with Crippen molar-refractivity contribution in [2.45, 2.75) is 64.8 Å². The minimum absolute atomic E-state index is 0.102. The molecule has 2 fully saturated rings. The number of benzene rings is 3. The summed E-state index contributed by atoms with van der Waals surface area (Å²) in [6.45, 7) is 10.5. The molecular formula is C35H40N4O4. The fourth-order valence-electron chi connectivity index (χ4n) is 6.23. The maximum atomic E-state index is 14.2. The molecule has 1 spiro atoms. The molecule has 0 aromatic heterocycles. The van der Waals surface area contributed by atoms with E-state index >= 15 is 0 Å². The molecule has 224 valence electrons. The predicted octanol–water partition coefficient (Wildman–Crippen LogP) is 6.32. The van der Waals surface area contributed by atoms with Crippen LogP contribution in [0.15, 0.2) is 72.8 Å². The molecule has 2 aliphatic rings. The van der Waals surface area contributed by atoms with Crippen LogP contribution in [0.4, 0.5) is 16.2 Å². The van der Waals surface area contributed by atoms with E-state index in [0.717, 1.165) is 27.3 Å². The van der Waals surface area contributed by atoms with Crippen molar-refractivity contribution in [1.29, 1.82) is 0 Å². The summed E-state index contributed by atoms with van der Waals surface area (Å²) in [6, 6.07) is 22.0. The van der Waals surface area contributed by atoms with Gasteiger partial charge in [-0.15, -0.1) is 0 Å². The highest BCUT2D eigenvalue weighted by atomic mass is 16.2. The molecule has 0 radical (unpaired) electrons. The van der Waals surface area contributed by atoms with Crippen molar-refractivity contribution in [3.05, 3.63) is 95.1 Å². The van der Waals surface area contributed by atoms with Gasteiger partial charge in [-0.2, -0.15) is 0 Å². The Bertz CT molecular complexity index is 1500. The summed E-state index contributed by atoms with van der Waals surface area (Å²) >= 11 is 0. The lowest BCUT2D eigenvalue weighted by molar-refractivity contribution is -0.134. The number of hydrogen-bond donors (Lipinski definition) is 1. The molecule has 3 aromatic carbocycles. The quantitative estimate of drug-likeness (QED) is 0.331. The van der Waals surface area contributed by atoms with Gasteiger partial charge in [0, 0.05) is 30.0 Å². The number of nitrogens with zero attached hydrogens (tertiary/aromatic N) is 3. The molecule has 43 heavy (non-hydrogen) atoms. The summed E-state index contributed by atoms with van der Waals surface area (Å²) in [4.78, 5) is 59.3. The van der Waals surface area contributed by atoms with Crippen molar-refractivity contribution < 1.29 is 19.2 Å². The Morgan fingerprint density at radius 3 is 1.95 bits per heavy atom. The topological polar surface area (TPSA) is 90.0 Å². The van der Waals surface area contributed by atoms with Gasteiger partial charge in [0.05, 0.1) is 0 Å². The molecular weight excluding hydrogens is 540 g/mol. The van der Waals surface area contributed by atoms with Crippen LogP contribution in [-0.2, 0) is 9.59 Å². The first-order valence-electron chi connectivity index (χ1n) is 15.0. The van der Waals surface area contributed by atoms with E-state index in [4.69, 9.17) is 0 Å². The molecule has 8 nitrogen and oxygen atoms in total. The number of piperidine rings is 1. The number of anilines is 2. The molecule has 2 heterocycles. The molecule has 3 aromatic rings. The van der Waals surface area contributed by atoms with Crippen molar-refractivity contribution in [2.75, 3.05) is 29.9 Å². The summed E-state index contributed by atoms with van der Waals surface area (Å²) in [5.41, 5.74) is 3.79. The zero-order chi connectivity index (χ0) is 30.9. The number of nitrogens with one attached hydrogen (secondary N) is 1. The lowest BCUT2D eigenvalue weighted by atomic mass is 9.85. The average Bonchev–Trinajstić information content (AvgIpc) is 3.18. The summed E-state index contributed by atoms with van der Waals surface area (Å²) < 4.78 is 0. The lowest BCUT2D eigenvalue weighted by Crippen LogP contribution is -2.57. The maximum absolute atomic E-state index is 14.2. The molecule has 0 saturated carbocycles. The van der Waals surface area contributed by atoms with Crippen molar-refractivity contribution >= 4 is 35.1 Å². The Labute approximate surface area is 253 Å². The highest BCUT2D eigenvalue weighted by Crippen LogP contribution is 2.41. The van der Waals surface area contributed by atoms with Crippen LogP contribution in [0.3, 0.4) is 0 Å². The smallest absolute Gasteiger partial charge is 0.332 e. The monoisotopic (exact) mass is 580 g/mol. The lowest BCUT2D eigenvalue weighted by Gasteiger charge is -2.42. The van der Waals surface area contributed by atoms with E-state index in [2.05, 4.69) is 33.0 Å². The molecule has 5 amide bonds. The van der Waals surface area contributed by atoms with Gasteiger partial charge in [-0.3, -0.25) is 24.2 Å². The first-order chi connectivity index (χ1) is 20.5. The molecule has 0 bridgehead atoms. The number of imide groups is 1. The van der Waals surface area contributed by atoms with Crippen LogP contribution >= 0.6 is 0 Å². The Morgan fingerprint density at radius 1 is 0.814 bits per heavy atom. The van der Waals surface area contributed by atoms with Gasteiger partial charge in [0.1, 0.15) is 12.1 Å². The van der Waals surface area contributed by atoms with Crippen LogP contribution in [0.25, 0.3) is 0 Å². The molecule has 5 rings (SSSR count). The number of aryl methyl sites for hydroxylation is 1. The summed E-state index contributed by atoms with van der Waals surface area (Å²) in [7, 11) is 0. The first-order valence-corrected chi connectivity index (χ1v) is 15.0. The molecule has 2 saturated heterocycles. The van der Waals surface area contributed by atoms with Crippen LogP contribution in [-0.4, -0.2) is 58.7 Å². The van der Waals surface area contributed by atoms with E-state index in [1.165, 1.54) is 0 Å². The Morgan fingerprint density at radius 2 is 1.40 bits per heavy atom. The standard InChI is InChI=1S/C35H40N4O4/c1-23(2)28-12-9-13-29(24(3)4)31(28)36-30(40)22-38-33(42)35(39(34(38)43)27-16-14-25(5)15-17-27)18-20-37(21-19-35)32(41)26-10-7-6-8-11-26/h6-17,23-24H,18-22H2,1-5H3,(H,36,40). The number of hydrogen-bond acceptors (Lipinski definition) is 4. The zero-order valence-corrected chi connectivity index (χ0v) is 25.6. The summed E-state index contributed by atoms with van der Waals surface area (Å²) in [5, 5.41) is 3.05. The van der Waals surface area contributed by atoms with E-state index in [9.17, 15) is 19.2 Å². The Kier molecular flexibility index (Phi) is 8.40. The predicted molar refractivity (Wildman–Crippen MR) is 168 cm³/mol. The van der Waals surface area contributed by atoms with Crippen LogP contribution in [0.1, 0.15) is 79.4 Å². The van der Waals surface area contributed by atoms with Crippen molar-refractivity contribution in [2.24, 2.45) is 0 Å². The molecule has 0 atom stereocenters. The fraction of sp³-hybridized carbons (Fsp3) is 0.371.